The van der Waals surface area contributed by atoms with Crippen LogP contribution in [0.15, 0.2) is 39.5 Å². The van der Waals surface area contributed by atoms with Crippen molar-refractivity contribution in [3.8, 4) is 5.75 Å². The van der Waals surface area contributed by atoms with Crippen molar-refractivity contribution in [2.24, 2.45) is 0 Å². The van der Waals surface area contributed by atoms with Crippen LogP contribution in [-0.4, -0.2) is 24.1 Å². The topological polar surface area (TPSA) is 75.6 Å². The number of amides is 1. The van der Waals surface area contributed by atoms with Crippen LogP contribution in [0.4, 0.5) is 0 Å². The van der Waals surface area contributed by atoms with Gasteiger partial charge in [-0.3, -0.25) is 4.79 Å². The van der Waals surface area contributed by atoms with Crippen molar-refractivity contribution in [3.05, 3.63) is 50.6 Å². The molecule has 0 spiro atoms. The van der Waals surface area contributed by atoms with Gasteiger partial charge in [-0.2, -0.15) is 11.3 Å². The number of aliphatic carboxylic acids is 1. The first kappa shape index (κ1) is 17.5. The Balaban J connectivity index is 2.04. The van der Waals surface area contributed by atoms with E-state index in [4.69, 9.17) is 4.74 Å². The molecular weight excluding hydrogens is 382 g/mol. The molecule has 1 aromatic carbocycles. The number of aryl methyl sites for hydroxylation is 1. The maximum Gasteiger partial charge on any atom is 0.330 e. The van der Waals surface area contributed by atoms with E-state index in [-0.39, 0.29) is 12.3 Å². The van der Waals surface area contributed by atoms with Crippen LogP contribution in [0.25, 0.3) is 0 Å². The summed E-state index contributed by atoms with van der Waals surface area (Å²) < 4.78 is 5.76. The summed E-state index contributed by atoms with van der Waals surface area (Å²) in [5.41, 5.74) is 1.55. The lowest BCUT2D eigenvalue weighted by Gasteiger charge is -2.16. The second-order valence-electron chi connectivity index (χ2n) is 4.86. The molecule has 0 fully saturated rings. The molecule has 0 aliphatic rings. The number of halogens is 1. The molecule has 1 unspecified atom stereocenters. The molecule has 2 rings (SSSR count). The largest absolute Gasteiger partial charge is 0.496 e. The van der Waals surface area contributed by atoms with E-state index in [1.807, 2.05) is 16.8 Å². The number of hydrogen-bond donors (Lipinski definition) is 2. The molecule has 0 bridgehead atoms. The normalized spacial score (nSPS) is 11.7. The number of hydrogen-bond acceptors (Lipinski definition) is 4. The summed E-state index contributed by atoms with van der Waals surface area (Å²) in [7, 11) is 1.53. The van der Waals surface area contributed by atoms with Gasteiger partial charge in [-0.15, -0.1) is 0 Å². The van der Waals surface area contributed by atoms with Crippen molar-refractivity contribution in [1.29, 1.82) is 0 Å². The molecule has 1 atom stereocenters. The summed E-state index contributed by atoms with van der Waals surface area (Å²) in [4.78, 5) is 23.5. The number of carboxylic acid groups (broad SMARTS) is 1. The zero-order valence-electron chi connectivity index (χ0n) is 12.4. The predicted molar refractivity (Wildman–Crippen MR) is 91.9 cm³/mol. The molecule has 1 aromatic heterocycles. The van der Waals surface area contributed by atoms with Gasteiger partial charge in [-0.25, -0.2) is 4.79 Å². The Morgan fingerprint density at radius 3 is 2.74 bits per heavy atom. The highest BCUT2D eigenvalue weighted by atomic mass is 79.9. The molecule has 0 radical (unpaired) electrons. The number of rotatable bonds is 7. The molecule has 1 amide bonds. The fourth-order valence-electron chi connectivity index (χ4n) is 2.08. The van der Waals surface area contributed by atoms with Crippen molar-refractivity contribution >= 4 is 39.1 Å². The van der Waals surface area contributed by atoms with E-state index >= 15 is 0 Å². The Morgan fingerprint density at radius 1 is 1.39 bits per heavy atom. The van der Waals surface area contributed by atoms with Gasteiger partial charge in [0.25, 0.3) is 0 Å². The number of ether oxygens (including phenoxy) is 1. The second-order valence-corrected chi connectivity index (χ2v) is 6.50. The third-order valence-corrected chi connectivity index (χ3v) is 4.63. The van der Waals surface area contributed by atoms with Gasteiger partial charge in [-0.1, -0.05) is 6.07 Å². The average Bonchev–Trinajstić information content (AvgIpc) is 3.03. The van der Waals surface area contributed by atoms with Gasteiger partial charge in [0.15, 0.2) is 6.04 Å². The van der Waals surface area contributed by atoms with E-state index < -0.39 is 12.0 Å². The van der Waals surface area contributed by atoms with Crippen LogP contribution < -0.4 is 10.1 Å². The number of carbonyl (C=O) groups is 2. The van der Waals surface area contributed by atoms with Crippen LogP contribution in [0.1, 0.15) is 23.6 Å². The van der Waals surface area contributed by atoms with E-state index in [1.165, 1.54) is 7.11 Å². The minimum absolute atomic E-state index is 0.248. The standard InChI is InChI=1S/C16H16BrNO4S/c1-22-13-4-3-11(8-12(13)17)15(16(20)21)18-14(19)5-2-10-6-7-23-9-10/h3-4,6-9,15H,2,5H2,1H3,(H,18,19)(H,20,21). The molecule has 0 aliphatic carbocycles. The number of nitrogens with one attached hydrogen (secondary N) is 1. The SMILES string of the molecule is COc1ccc(C(NC(=O)CCc2ccsc2)C(=O)O)cc1Br. The van der Waals surface area contributed by atoms with Crippen molar-refractivity contribution in [2.75, 3.05) is 7.11 Å². The molecule has 0 aliphatic heterocycles. The lowest BCUT2D eigenvalue weighted by Crippen LogP contribution is -2.33. The smallest absolute Gasteiger partial charge is 0.330 e. The van der Waals surface area contributed by atoms with E-state index in [0.29, 0.717) is 22.2 Å². The number of thiophene rings is 1. The summed E-state index contributed by atoms with van der Waals surface area (Å²) in [6.45, 7) is 0. The van der Waals surface area contributed by atoms with Gasteiger partial charge < -0.3 is 15.2 Å². The molecular formula is C16H16BrNO4S. The lowest BCUT2D eigenvalue weighted by molar-refractivity contribution is -0.142. The molecule has 122 valence electrons. The van der Waals surface area contributed by atoms with E-state index in [2.05, 4.69) is 21.2 Å². The first-order valence-electron chi connectivity index (χ1n) is 6.88. The van der Waals surface area contributed by atoms with Crippen molar-refractivity contribution in [2.45, 2.75) is 18.9 Å². The van der Waals surface area contributed by atoms with E-state index in [1.54, 1.807) is 29.5 Å². The van der Waals surface area contributed by atoms with E-state index in [9.17, 15) is 14.7 Å². The predicted octanol–water partition coefficient (Wildman–Crippen LogP) is 3.39. The van der Waals surface area contributed by atoms with Crippen LogP contribution in [-0.2, 0) is 16.0 Å². The van der Waals surface area contributed by atoms with Crippen LogP contribution in [0.3, 0.4) is 0 Å². The third kappa shape index (κ3) is 4.80. The minimum Gasteiger partial charge on any atom is -0.496 e. The molecule has 2 N–H and O–H groups in total. The molecule has 1 heterocycles. The maximum absolute atomic E-state index is 12.0. The third-order valence-electron chi connectivity index (χ3n) is 3.28. The minimum atomic E-state index is -1.11. The van der Waals surface area contributed by atoms with Crippen LogP contribution >= 0.6 is 27.3 Å². The number of carbonyl (C=O) groups excluding carboxylic acids is 1. The zero-order chi connectivity index (χ0) is 16.8. The summed E-state index contributed by atoms with van der Waals surface area (Å²) in [5, 5.41) is 15.9. The second kappa shape index (κ2) is 8.12. The molecule has 2 aromatic rings. The van der Waals surface area contributed by atoms with Gasteiger partial charge in [0.05, 0.1) is 11.6 Å². The Labute approximate surface area is 146 Å². The quantitative estimate of drug-likeness (QED) is 0.750. The van der Waals surface area contributed by atoms with Gasteiger partial charge in [0.1, 0.15) is 5.75 Å². The Hall–Kier alpha value is -1.86. The number of benzene rings is 1. The van der Waals surface area contributed by atoms with Crippen molar-refractivity contribution < 1.29 is 19.4 Å². The number of carboxylic acids is 1. The molecule has 7 heteroatoms. The van der Waals surface area contributed by atoms with E-state index in [0.717, 1.165) is 5.56 Å². The van der Waals surface area contributed by atoms with Gasteiger partial charge in [0.2, 0.25) is 5.91 Å². The monoisotopic (exact) mass is 397 g/mol. The zero-order valence-corrected chi connectivity index (χ0v) is 14.8. The molecule has 0 saturated heterocycles. The number of methoxy groups -OCH3 is 1. The van der Waals surface area contributed by atoms with Gasteiger partial charge in [0, 0.05) is 6.42 Å². The fraction of sp³-hybridized carbons (Fsp3) is 0.250. The van der Waals surface area contributed by atoms with Gasteiger partial charge >= 0.3 is 5.97 Å². The molecule has 0 saturated carbocycles. The first-order chi connectivity index (χ1) is 11.0. The fourth-order valence-corrected chi connectivity index (χ4v) is 3.34. The van der Waals surface area contributed by atoms with Gasteiger partial charge in [-0.05, 0) is 62.4 Å². The lowest BCUT2D eigenvalue weighted by atomic mass is 10.1. The highest BCUT2D eigenvalue weighted by Gasteiger charge is 2.22. The summed E-state index contributed by atoms with van der Waals surface area (Å²) in [6.07, 6.45) is 0.839. The Kier molecular flexibility index (Phi) is 6.18. The van der Waals surface area contributed by atoms with Crippen LogP contribution in [0.5, 0.6) is 5.75 Å². The summed E-state index contributed by atoms with van der Waals surface area (Å²) in [6, 6.07) is 5.78. The van der Waals surface area contributed by atoms with Crippen molar-refractivity contribution in [3.63, 3.8) is 0 Å². The summed E-state index contributed by atoms with van der Waals surface area (Å²) >= 11 is 4.89. The maximum atomic E-state index is 12.0. The Morgan fingerprint density at radius 2 is 2.17 bits per heavy atom. The first-order valence-corrected chi connectivity index (χ1v) is 8.61. The summed E-state index contributed by atoms with van der Waals surface area (Å²) in [5.74, 6) is -0.803. The highest BCUT2D eigenvalue weighted by molar-refractivity contribution is 9.10. The van der Waals surface area contributed by atoms with Crippen LogP contribution in [0, 0.1) is 0 Å². The molecule has 5 nitrogen and oxygen atoms in total. The Bertz CT molecular complexity index is 687. The highest BCUT2D eigenvalue weighted by Crippen LogP contribution is 2.28. The molecule has 23 heavy (non-hydrogen) atoms. The van der Waals surface area contributed by atoms with Crippen molar-refractivity contribution in [1.82, 2.24) is 5.32 Å². The average molecular weight is 398 g/mol. The van der Waals surface area contributed by atoms with Crippen LogP contribution in [0.2, 0.25) is 0 Å².